The molecule has 1 aliphatic rings. The number of fused-ring (bicyclic) bond motifs is 1. The summed E-state index contributed by atoms with van der Waals surface area (Å²) in [6.45, 7) is 0.825. The highest BCUT2D eigenvalue weighted by Gasteiger charge is 2.30. The summed E-state index contributed by atoms with van der Waals surface area (Å²) in [6, 6.07) is 14.1. The maximum absolute atomic E-state index is 12.6. The second-order valence-electron chi connectivity index (χ2n) is 4.93. The zero-order valence-electron chi connectivity index (χ0n) is 11.2. The fourth-order valence-corrected chi connectivity index (χ4v) is 3.94. The molecule has 1 aliphatic heterocycles. The van der Waals surface area contributed by atoms with Crippen molar-refractivity contribution in [2.24, 2.45) is 5.73 Å². The smallest absolute Gasteiger partial charge is 0.243 e. The predicted molar refractivity (Wildman–Crippen MR) is 85.2 cm³/mol. The lowest BCUT2D eigenvalue weighted by molar-refractivity contribution is 0.431. The minimum atomic E-state index is -3.50. The van der Waals surface area contributed by atoms with Crippen molar-refractivity contribution >= 4 is 27.2 Å². The van der Waals surface area contributed by atoms with Crippen LogP contribution in [0.3, 0.4) is 0 Å². The van der Waals surface area contributed by atoms with Gasteiger partial charge in [-0.1, -0.05) is 48.6 Å². The Kier molecular flexibility index (Phi) is 3.52. The Morgan fingerprint density at radius 1 is 1.00 bits per heavy atom. The van der Waals surface area contributed by atoms with Crippen LogP contribution >= 0.6 is 12.2 Å². The van der Waals surface area contributed by atoms with Crippen LogP contribution < -0.4 is 5.73 Å². The Hall–Kier alpha value is -1.76. The molecule has 108 valence electrons. The zero-order chi connectivity index (χ0) is 15.0. The van der Waals surface area contributed by atoms with E-state index in [1.54, 1.807) is 24.3 Å². The molecular weight excluding hydrogens is 304 g/mol. The Morgan fingerprint density at radius 2 is 1.52 bits per heavy atom. The third-order valence-corrected chi connectivity index (χ3v) is 5.63. The molecule has 4 nitrogen and oxygen atoms in total. The third-order valence-electron chi connectivity index (χ3n) is 3.59. The summed E-state index contributed by atoms with van der Waals surface area (Å²) >= 11 is 4.87. The average Bonchev–Trinajstić information content (AvgIpc) is 2.92. The molecule has 0 fully saturated rings. The fourth-order valence-electron chi connectivity index (χ4n) is 2.41. The molecule has 0 aromatic heterocycles. The van der Waals surface area contributed by atoms with Gasteiger partial charge in [0.1, 0.15) is 4.99 Å². The summed E-state index contributed by atoms with van der Waals surface area (Å²) in [7, 11) is -3.50. The Balaban J connectivity index is 1.90. The number of nitrogens with two attached hydrogens (primary N) is 1. The van der Waals surface area contributed by atoms with Gasteiger partial charge in [-0.3, -0.25) is 0 Å². The van der Waals surface area contributed by atoms with Crippen LogP contribution in [-0.2, 0) is 23.1 Å². The van der Waals surface area contributed by atoms with Crippen LogP contribution in [0.4, 0.5) is 0 Å². The maximum atomic E-state index is 12.6. The monoisotopic (exact) mass is 318 g/mol. The van der Waals surface area contributed by atoms with E-state index in [9.17, 15) is 8.42 Å². The second-order valence-corrected chi connectivity index (χ2v) is 7.31. The van der Waals surface area contributed by atoms with Gasteiger partial charge in [-0.05, 0) is 23.3 Å². The van der Waals surface area contributed by atoms with Gasteiger partial charge in [-0.15, -0.1) is 0 Å². The highest BCUT2D eigenvalue weighted by atomic mass is 32.2. The van der Waals surface area contributed by atoms with Crippen molar-refractivity contribution in [3.8, 4) is 0 Å². The first-order chi connectivity index (χ1) is 9.98. The molecule has 1 heterocycles. The predicted octanol–water partition coefficient (Wildman–Crippen LogP) is 2.03. The molecule has 0 spiro atoms. The van der Waals surface area contributed by atoms with Crippen molar-refractivity contribution in [2.75, 3.05) is 0 Å². The average molecular weight is 318 g/mol. The van der Waals surface area contributed by atoms with Crippen LogP contribution in [-0.4, -0.2) is 17.7 Å². The van der Waals surface area contributed by atoms with E-state index in [0.29, 0.717) is 18.7 Å². The van der Waals surface area contributed by atoms with Crippen molar-refractivity contribution < 1.29 is 8.42 Å². The van der Waals surface area contributed by atoms with Gasteiger partial charge in [0.2, 0.25) is 10.0 Å². The minimum absolute atomic E-state index is 0.257. The number of benzene rings is 2. The number of rotatable bonds is 3. The molecular formula is C15H14N2O2S2. The Labute approximate surface area is 129 Å². The van der Waals surface area contributed by atoms with Crippen LogP contribution in [0.25, 0.3) is 0 Å². The first-order valence-electron chi connectivity index (χ1n) is 6.45. The molecule has 3 rings (SSSR count). The molecule has 0 saturated carbocycles. The summed E-state index contributed by atoms with van der Waals surface area (Å²) < 4.78 is 26.8. The lowest BCUT2D eigenvalue weighted by Crippen LogP contribution is -2.25. The van der Waals surface area contributed by atoms with Gasteiger partial charge in [0, 0.05) is 18.7 Å². The standard InChI is InChI=1S/C15H14N2O2S2/c16-15(20)11-5-7-14(8-6-11)21(18,19)17-9-12-3-1-2-4-13(12)10-17/h1-8H,9-10H2,(H2,16,20). The highest BCUT2D eigenvalue weighted by molar-refractivity contribution is 7.89. The molecule has 0 radical (unpaired) electrons. The molecule has 2 aromatic carbocycles. The molecule has 6 heteroatoms. The van der Waals surface area contributed by atoms with Gasteiger partial charge in [-0.25, -0.2) is 8.42 Å². The molecule has 0 amide bonds. The quantitative estimate of drug-likeness (QED) is 0.880. The summed E-state index contributed by atoms with van der Waals surface area (Å²) in [4.78, 5) is 0.517. The van der Waals surface area contributed by atoms with Crippen molar-refractivity contribution in [2.45, 2.75) is 18.0 Å². The molecule has 21 heavy (non-hydrogen) atoms. The van der Waals surface area contributed by atoms with Gasteiger partial charge in [0.25, 0.3) is 0 Å². The molecule has 2 aromatic rings. The van der Waals surface area contributed by atoms with Crippen molar-refractivity contribution in [3.05, 3.63) is 65.2 Å². The largest absolute Gasteiger partial charge is 0.389 e. The molecule has 0 bridgehead atoms. The van der Waals surface area contributed by atoms with Gasteiger partial charge in [-0.2, -0.15) is 4.31 Å². The van der Waals surface area contributed by atoms with Gasteiger partial charge in [0.05, 0.1) is 4.90 Å². The van der Waals surface area contributed by atoms with Crippen LogP contribution in [0.5, 0.6) is 0 Å². The van der Waals surface area contributed by atoms with Crippen LogP contribution in [0.15, 0.2) is 53.4 Å². The number of hydrogen-bond donors (Lipinski definition) is 1. The third kappa shape index (κ3) is 2.57. The Morgan fingerprint density at radius 3 is 2.00 bits per heavy atom. The van der Waals surface area contributed by atoms with Gasteiger partial charge in [0.15, 0.2) is 0 Å². The second kappa shape index (κ2) is 5.22. The van der Waals surface area contributed by atoms with Crippen LogP contribution in [0, 0.1) is 0 Å². The minimum Gasteiger partial charge on any atom is -0.389 e. The normalized spacial score (nSPS) is 14.9. The molecule has 0 saturated heterocycles. The summed E-state index contributed by atoms with van der Waals surface area (Å²) in [6.07, 6.45) is 0. The first kappa shape index (κ1) is 14.2. The van der Waals surface area contributed by atoms with E-state index in [1.165, 1.54) is 4.31 Å². The zero-order valence-corrected chi connectivity index (χ0v) is 12.8. The number of hydrogen-bond acceptors (Lipinski definition) is 3. The van der Waals surface area contributed by atoms with Crippen molar-refractivity contribution in [3.63, 3.8) is 0 Å². The SMILES string of the molecule is NC(=S)c1ccc(S(=O)(=O)N2Cc3ccccc3C2)cc1. The summed E-state index contributed by atoms with van der Waals surface area (Å²) in [5.74, 6) is 0. The number of nitrogens with zero attached hydrogens (tertiary/aromatic N) is 1. The van der Waals surface area contributed by atoms with E-state index < -0.39 is 10.0 Å². The van der Waals surface area contributed by atoms with Crippen LogP contribution in [0.1, 0.15) is 16.7 Å². The van der Waals surface area contributed by atoms with E-state index in [4.69, 9.17) is 18.0 Å². The van der Waals surface area contributed by atoms with E-state index in [2.05, 4.69) is 0 Å². The first-order valence-corrected chi connectivity index (χ1v) is 8.30. The fraction of sp³-hybridized carbons (Fsp3) is 0.133. The van der Waals surface area contributed by atoms with Crippen LogP contribution in [0.2, 0.25) is 0 Å². The number of thiocarbonyl (C=S) groups is 1. The lowest BCUT2D eigenvalue weighted by atomic mass is 10.1. The molecule has 0 aliphatic carbocycles. The van der Waals surface area contributed by atoms with E-state index in [1.807, 2.05) is 24.3 Å². The van der Waals surface area contributed by atoms with Gasteiger partial charge >= 0.3 is 0 Å². The topological polar surface area (TPSA) is 63.4 Å². The van der Waals surface area contributed by atoms with E-state index >= 15 is 0 Å². The number of sulfonamides is 1. The Bertz CT molecular complexity index is 774. The lowest BCUT2D eigenvalue weighted by Gasteiger charge is -2.15. The molecule has 0 atom stereocenters. The summed E-state index contributed by atoms with van der Waals surface area (Å²) in [5.41, 5.74) is 8.30. The van der Waals surface area contributed by atoms with E-state index in [-0.39, 0.29) is 9.88 Å². The van der Waals surface area contributed by atoms with E-state index in [0.717, 1.165) is 11.1 Å². The van der Waals surface area contributed by atoms with Gasteiger partial charge < -0.3 is 5.73 Å². The highest BCUT2D eigenvalue weighted by Crippen LogP contribution is 2.28. The maximum Gasteiger partial charge on any atom is 0.243 e. The van der Waals surface area contributed by atoms with Crippen molar-refractivity contribution in [1.29, 1.82) is 0 Å². The molecule has 0 unspecified atom stereocenters. The summed E-state index contributed by atoms with van der Waals surface area (Å²) in [5, 5.41) is 0. The molecule has 2 N–H and O–H groups in total. The van der Waals surface area contributed by atoms with Crippen molar-refractivity contribution in [1.82, 2.24) is 4.31 Å².